The van der Waals surface area contributed by atoms with Crippen molar-refractivity contribution >= 4 is 17.6 Å². The Morgan fingerprint density at radius 3 is 2.61 bits per heavy atom. The van der Waals surface area contributed by atoms with Crippen LogP contribution in [0.1, 0.15) is 30.3 Å². The number of carbonyl (C=O) groups excluding carboxylic acids is 2. The zero-order valence-electron chi connectivity index (χ0n) is 10.0. The number of hydrogen-bond donors (Lipinski definition) is 3. The van der Waals surface area contributed by atoms with Crippen LogP contribution in [0.25, 0.3) is 0 Å². The van der Waals surface area contributed by atoms with E-state index in [1.54, 1.807) is 13.0 Å². The first kappa shape index (κ1) is 12.3. The monoisotopic (exact) mass is 249 g/mol. The molecule has 2 amide bonds. The van der Waals surface area contributed by atoms with Crippen molar-refractivity contribution in [3.8, 4) is 0 Å². The molecule has 1 heterocycles. The minimum absolute atomic E-state index is 0.0710. The molecule has 0 spiro atoms. The molecule has 1 aromatic heterocycles. The zero-order chi connectivity index (χ0) is 13.1. The summed E-state index contributed by atoms with van der Waals surface area (Å²) in [6, 6.07) is 2.95. The van der Waals surface area contributed by atoms with Crippen molar-refractivity contribution in [2.24, 2.45) is 5.73 Å². The van der Waals surface area contributed by atoms with E-state index in [9.17, 15) is 9.59 Å². The van der Waals surface area contributed by atoms with Gasteiger partial charge in [-0.15, -0.1) is 10.2 Å². The van der Waals surface area contributed by atoms with E-state index in [-0.39, 0.29) is 11.6 Å². The Morgan fingerprint density at radius 2 is 2.11 bits per heavy atom. The van der Waals surface area contributed by atoms with E-state index in [4.69, 9.17) is 5.73 Å². The molecule has 1 saturated carbocycles. The van der Waals surface area contributed by atoms with Crippen molar-refractivity contribution < 1.29 is 9.59 Å². The fourth-order valence-corrected chi connectivity index (χ4v) is 1.38. The van der Waals surface area contributed by atoms with Gasteiger partial charge in [0.15, 0.2) is 5.69 Å². The first-order valence-electron chi connectivity index (χ1n) is 5.76. The number of aromatic nitrogens is 2. The molecule has 18 heavy (non-hydrogen) atoms. The lowest BCUT2D eigenvalue weighted by atomic mass is 10.3. The average Bonchev–Trinajstić information content (AvgIpc) is 3.13. The van der Waals surface area contributed by atoms with Gasteiger partial charge in [0.1, 0.15) is 11.9 Å². The maximum atomic E-state index is 11.7. The number of anilines is 1. The molecule has 0 bridgehead atoms. The second kappa shape index (κ2) is 4.99. The highest BCUT2D eigenvalue weighted by Crippen LogP contribution is 2.18. The van der Waals surface area contributed by atoms with Crippen molar-refractivity contribution in [1.82, 2.24) is 15.5 Å². The molecule has 1 fully saturated rings. The molecule has 1 aliphatic rings. The molecular formula is C11H15N5O2. The summed E-state index contributed by atoms with van der Waals surface area (Å²) in [6.07, 6.45) is 2.09. The van der Waals surface area contributed by atoms with Crippen molar-refractivity contribution in [2.45, 2.75) is 31.8 Å². The van der Waals surface area contributed by atoms with Crippen LogP contribution in [0, 0.1) is 0 Å². The zero-order valence-corrected chi connectivity index (χ0v) is 10.0. The third kappa shape index (κ3) is 3.16. The summed E-state index contributed by atoms with van der Waals surface area (Å²) in [7, 11) is 0. The van der Waals surface area contributed by atoms with E-state index in [2.05, 4.69) is 20.8 Å². The van der Waals surface area contributed by atoms with Crippen LogP contribution in [-0.4, -0.2) is 34.1 Å². The Labute approximate surface area is 104 Å². The maximum Gasteiger partial charge on any atom is 0.269 e. The molecule has 0 aromatic carbocycles. The maximum absolute atomic E-state index is 11.7. The number of carbonyl (C=O) groups is 2. The summed E-state index contributed by atoms with van der Waals surface area (Å²) in [6.45, 7) is 1.74. The van der Waals surface area contributed by atoms with Crippen molar-refractivity contribution in [3.05, 3.63) is 17.8 Å². The first-order chi connectivity index (χ1) is 8.56. The van der Waals surface area contributed by atoms with E-state index < -0.39 is 11.9 Å². The highest BCUT2D eigenvalue weighted by Gasteiger charge is 2.25. The summed E-state index contributed by atoms with van der Waals surface area (Å²) in [5.41, 5.74) is 5.14. The lowest BCUT2D eigenvalue weighted by Gasteiger charge is -2.13. The van der Waals surface area contributed by atoms with Gasteiger partial charge in [0.25, 0.3) is 5.91 Å². The van der Waals surface area contributed by atoms with Crippen LogP contribution < -0.4 is 16.4 Å². The molecule has 1 atom stereocenters. The highest BCUT2D eigenvalue weighted by molar-refractivity contribution is 5.90. The van der Waals surface area contributed by atoms with E-state index >= 15 is 0 Å². The normalized spacial score (nSPS) is 15.8. The Hall–Kier alpha value is -2.18. The Bertz CT molecular complexity index is 455. The fraction of sp³-hybridized carbons (Fsp3) is 0.455. The molecule has 0 radical (unpaired) electrons. The summed E-state index contributed by atoms with van der Waals surface area (Å²) >= 11 is 0. The minimum Gasteiger partial charge on any atom is -0.364 e. The largest absolute Gasteiger partial charge is 0.364 e. The van der Waals surface area contributed by atoms with Crippen LogP contribution in [0.15, 0.2) is 12.1 Å². The lowest BCUT2D eigenvalue weighted by molar-refractivity contribution is -0.121. The number of nitrogens with zero attached hydrogens (tertiary/aromatic N) is 2. The number of amides is 2. The molecule has 1 aromatic rings. The third-order valence-electron chi connectivity index (χ3n) is 2.60. The quantitative estimate of drug-likeness (QED) is 0.661. The van der Waals surface area contributed by atoms with Crippen LogP contribution >= 0.6 is 0 Å². The topological polar surface area (TPSA) is 110 Å². The van der Waals surface area contributed by atoms with Crippen LogP contribution in [0.4, 0.5) is 5.82 Å². The highest BCUT2D eigenvalue weighted by atomic mass is 16.2. The second-order valence-corrected chi connectivity index (χ2v) is 4.32. The Balaban J connectivity index is 1.91. The van der Waals surface area contributed by atoms with Crippen molar-refractivity contribution in [1.29, 1.82) is 0 Å². The summed E-state index contributed by atoms with van der Waals surface area (Å²) in [5, 5.41) is 13.2. The van der Waals surface area contributed by atoms with Gasteiger partial charge >= 0.3 is 0 Å². The Morgan fingerprint density at radius 1 is 1.39 bits per heavy atom. The molecule has 1 unspecified atom stereocenters. The van der Waals surface area contributed by atoms with E-state index in [0.717, 1.165) is 12.8 Å². The molecular weight excluding hydrogens is 234 g/mol. The molecule has 0 saturated heterocycles. The smallest absolute Gasteiger partial charge is 0.269 e. The number of rotatable bonds is 5. The van der Waals surface area contributed by atoms with Crippen LogP contribution in [0.3, 0.4) is 0 Å². The van der Waals surface area contributed by atoms with E-state index in [0.29, 0.717) is 11.9 Å². The third-order valence-corrected chi connectivity index (χ3v) is 2.60. The second-order valence-electron chi connectivity index (χ2n) is 4.32. The molecule has 0 aliphatic heterocycles. The van der Waals surface area contributed by atoms with Gasteiger partial charge in [0.05, 0.1) is 0 Å². The number of primary amides is 1. The molecule has 7 nitrogen and oxygen atoms in total. The molecule has 1 aliphatic carbocycles. The first-order valence-corrected chi connectivity index (χ1v) is 5.76. The van der Waals surface area contributed by atoms with Crippen molar-refractivity contribution in [2.75, 3.05) is 5.32 Å². The minimum atomic E-state index is -0.631. The van der Waals surface area contributed by atoms with Gasteiger partial charge in [0.2, 0.25) is 5.91 Å². The fourth-order valence-electron chi connectivity index (χ4n) is 1.38. The molecule has 7 heteroatoms. The van der Waals surface area contributed by atoms with Gasteiger partial charge in [-0.05, 0) is 31.9 Å². The standard InChI is InChI=1S/C11H15N5O2/c1-6(11(18)14-7-2-3-7)13-9-5-4-8(10(12)17)15-16-9/h4-7H,2-3H2,1H3,(H2,12,17)(H,13,16)(H,14,18). The van der Waals surface area contributed by atoms with Crippen LogP contribution in [-0.2, 0) is 4.79 Å². The number of hydrogen-bond acceptors (Lipinski definition) is 5. The van der Waals surface area contributed by atoms with Crippen LogP contribution in [0.2, 0.25) is 0 Å². The van der Waals surface area contributed by atoms with Gasteiger partial charge in [-0.2, -0.15) is 0 Å². The lowest BCUT2D eigenvalue weighted by Crippen LogP contribution is -2.38. The van der Waals surface area contributed by atoms with E-state index in [1.165, 1.54) is 6.07 Å². The van der Waals surface area contributed by atoms with Gasteiger partial charge in [0, 0.05) is 6.04 Å². The predicted molar refractivity (Wildman–Crippen MR) is 64.8 cm³/mol. The molecule has 96 valence electrons. The number of nitrogens with two attached hydrogens (primary N) is 1. The SMILES string of the molecule is CC(Nc1ccc(C(N)=O)nn1)C(=O)NC1CC1. The van der Waals surface area contributed by atoms with Crippen LogP contribution in [0.5, 0.6) is 0 Å². The van der Waals surface area contributed by atoms with Gasteiger partial charge < -0.3 is 16.4 Å². The van der Waals surface area contributed by atoms with Gasteiger partial charge in [-0.3, -0.25) is 9.59 Å². The average molecular weight is 249 g/mol. The van der Waals surface area contributed by atoms with Gasteiger partial charge in [-0.1, -0.05) is 0 Å². The summed E-state index contributed by atoms with van der Waals surface area (Å²) in [4.78, 5) is 22.5. The predicted octanol–water partition coefficient (Wildman–Crippen LogP) is -0.346. The van der Waals surface area contributed by atoms with Gasteiger partial charge in [-0.25, -0.2) is 0 Å². The summed E-state index contributed by atoms with van der Waals surface area (Å²) < 4.78 is 0. The van der Waals surface area contributed by atoms with Crippen molar-refractivity contribution in [3.63, 3.8) is 0 Å². The molecule has 4 N–H and O–H groups in total. The summed E-state index contributed by atoms with van der Waals surface area (Å²) in [5.74, 6) is -0.273. The molecule has 2 rings (SSSR count). The Kier molecular flexibility index (Phi) is 3.40. The van der Waals surface area contributed by atoms with E-state index in [1.807, 2.05) is 0 Å². The number of nitrogens with one attached hydrogen (secondary N) is 2.